The van der Waals surface area contributed by atoms with Crippen molar-refractivity contribution in [3.05, 3.63) is 0 Å². The number of carbonyl (C=O) groups is 3. The monoisotopic (exact) mass is 478 g/mol. The van der Waals surface area contributed by atoms with Crippen LogP contribution in [0.3, 0.4) is 0 Å². The minimum Gasteiger partial charge on any atom is -0.390 e. The second-order valence-electron chi connectivity index (χ2n) is 8.90. The van der Waals surface area contributed by atoms with Gasteiger partial charge in [-0.3, -0.25) is 9.59 Å². The van der Waals surface area contributed by atoms with Crippen molar-refractivity contribution in [1.82, 2.24) is 16.0 Å². The molecule has 2 aliphatic rings. The lowest BCUT2D eigenvalue weighted by Crippen LogP contribution is -2.65. The molecule has 5 atom stereocenters. The minimum absolute atomic E-state index is 0.0113. The highest BCUT2D eigenvalue weighted by atomic mass is 32.2. The number of aliphatic hydroxyl groups excluding tert-OH is 2. The predicted molar refractivity (Wildman–Crippen MR) is 114 cm³/mol. The molecule has 0 aliphatic heterocycles. The van der Waals surface area contributed by atoms with E-state index in [2.05, 4.69) is 16.0 Å². The van der Waals surface area contributed by atoms with Gasteiger partial charge in [0.05, 0.1) is 17.9 Å². The molecule has 12 nitrogen and oxygen atoms in total. The summed E-state index contributed by atoms with van der Waals surface area (Å²) in [5, 5.41) is 38.9. The van der Waals surface area contributed by atoms with Gasteiger partial charge in [-0.2, -0.15) is 0 Å². The lowest BCUT2D eigenvalue weighted by atomic mass is 9.77. The number of aliphatic hydroxyl groups is 3. The van der Waals surface area contributed by atoms with Gasteiger partial charge in [-0.25, -0.2) is 13.2 Å². The van der Waals surface area contributed by atoms with E-state index in [-0.39, 0.29) is 12.5 Å². The first-order chi connectivity index (χ1) is 14.8. The smallest absolute Gasteiger partial charge is 0.315 e. The van der Waals surface area contributed by atoms with E-state index < -0.39 is 76.2 Å². The van der Waals surface area contributed by atoms with Crippen LogP contribution in [-0.2, 0) is 19.4 Å². The van der Waals surface area contributed by atoms with E-state index >= 15 is 0 Å². The molecule has 13 heteroatoms. The third-order valence-corrected chi connectivity index (χ3v) is 6.99. The molecule has 0 spiro atoms. The Balaban J connectivity index is 2.03. The molecule has 0 radical (unpaired) electrons. The van der Waals surface area contributed by atoms with Crippen LogP contribution >= 0.6 is 0 Å². The van der Waals surface area contributed by atoms with E-state index in [1.165, 1.54) is 0 Å². The van der Waals surface area contributed by atoms with Crippen molar-refractivity contribution in [2.24, 2.45) is 5.73 Å². The summed E-state index contributed by atoms with van der Waals surface area (Å²) in [6.07, 6.45) is 1.53. The van der Waals surface area contributed by atoms with Crippen LogP contribution in [0.15, 0.2) is 0 Å². The Kier molecular flexibility index (Phi) is 8.85. The Morgan fingerprint density at radius 3 is 2.28 bits per heavy atom. The van der Waals surface area contributed by atoms with Crippen LogP contribution in [0.5, 0.6) is 0 Å². The fraction of sp³-hybridized carbons (Fsp3) is 0.842. The van der Waals surface area contributed by atoms with Crippen molar-refractivity contribution in [2.45, 2.75) is 87.3 Å². The van der Waals surface area contributed by atoms with Gasteiger partial charge in [0, 0.05) is 25.1 Å². The zero-order chi connectivity index (χ0) is 24.1. The number of nitrogens with one attached hydrogen (secondary N) is 3. The van der Waals surface area contributed by atoms with Crippen molar-refractivity contribution >= 4 is 27.7 Å². The Morgan fingerprint density at radius 2 is 1.72 bits per heavy atom. The largest absolute Gasteiger partial charge is 0.390 e. The van der Waals surface area contributed by atoms with Crippen molar-refractivity contribution < 1.29 is 38.1 Å². The minimum atomic E-state index is -3.43. The first-order valence-electron chi connectivity index (χ1n) is 10.7. The molecular formula is C19H34N4O8S. The van der Waals surface area contributed by atoms with Crippen LogP contribution < -0.4 is 21.7 Å². The molecule has 0 aromatic heterocycles. The molecule has 2 saturated carbocycles. The summed E-state index contributed by atoms with van der Waals surface area (Å²) in [7, 11) is -3.43. The zero-order valence-electron chi connectivity index (χ0n) is 18.1. The molecule has 0 aromatic carbocycles. The second kappa shape index (κ2) is 10.8. The van der Waals surface area contributed by atoms with Gasteiger partial charge in [0.1, 0.15) is 27.6 Å². The summed E-state index contributed by atoms with van der Waals surface area (Å²) in [5.74, 6) is -2.45. The summed E-state index contributed by atoms with van der Waals surface area (Å²) < 4.78 is 22.7. The quantitative estimate of drug-likeness (QED) is 0.200. The van der Waals surface area contributed by atoms with Crippen LogP contribution in [0.4, 0.5) is 4.79 Å². The number of carbonyl (C=O) groups excluding carboxylic acids is 3. The Bertz CT molecular complexity index is 801. The number of sulfone groups is 1. The summed E-state index contributed by atoms with van der Waals surface area (Å²) >= 11 is 0. The summed E-state index contributed by atoms with van der Waals surface area (Å²) in [6, 6.07) is -3.09. The summed E-state index contributed by atoms with van der Waals surface area (Å²) in [5.41, 5.74) is 3.01. The Morgan fingerprint density at radius 1 is 1.09 bits per heavy atom. The Labute approximate surface area is 187 Å². The number of rotatable bonds is 8. The maximum absolute atomic E-state index is 12.7. The van der Waals surface area contributed by atoms with E-state index in [1.54, 1.807) is 0 Å². The molecule has 0 bridgehead atoms. The van der Waals surface area contributed by atoms with Crippen LogP contribution in [-0.4, -0.2) is 89.5 Å². The SMILES string of the molecule is CS(=O)(=O)CC[C@H](NC(=O)[C@@]1(O)C[C@@H](O)[C@H](O)[C@@H](NC(=O)NC2CCCCC2)C1)C(N)=O. The average molecular weight is 479 g/mol. The fourth-order valence-electron chi connectivity index (χ4n) is 4.18. The van der Waals surface area contributed by atoms with Crippen molar-refractivity contribution in [3.63, 3.8) is 0 Å². The van der Waals surface area contributed by atoms with Crippen LogP contribution in [0.25, 0.3) is 0 Å². The van der Waals surface area contributed by atoms with E-state index in [9.17, 15) is 38.1 Å². The molecule has 0 heterocycles. The standard InChI is InChI=1S/C19H34N4O8S/c1-32(30,31)8-7-12(16(20)26)22-17(27)19(29)9-13(15(25)14(24)10-19)23-18(28)21-11-5-3-2-4-6-11/h11-15,24-25,29H,2-10H2,1H3,(H2,20,26)(H,22,27)(H2,21,23,28)/t12-,13-,14+,15+,19-/m0/s1. The van der Waals surface area contributed by atoms with Gasteiger partial charge in [0.15, 0.2) is 0 Å². The Hall–Kier alpha value is -1.96. The molecule has 8 N–H and O–H groups in total. The highest BCUT2D eigenvalue weighted by molar-refractivity contribution is 7.90. The van der Waals surface area contributed by atoms with Gasteiger partial charge >= 0.3 is 6.03 Å². The lowest BCUT2D eigenvalue weighted by molar-refractivity contribution is -0.158. The maximum atomic E-state index is 12.7. The van der Waals surface area contributed by atoms with Crippen molar-refractivity contribution in [1.29, 1.82) is 0 Å². The first kappa shape index (κ1) is 26.3. The number of amides is 4. The van der Waals surface area contributed by atoms with E-state index in [0.29, 0.717) is 0 Å². The lowest BCUT2D eigenvalue weighted by Gasteiger charge is -2.42. The van der Waals surface area contributed by atoms with E-state index in [1.807, 2.05) is 0 Å². The van der Waals surface area contributed by atoms with Crippen LogP contribution in [0, 0.1) is 0 Å². The molecule has 2 fully saturated rings. The second-order valence-corrected chi connectivity index (χ2v) is 11.2. The van der Waals surface area contributed by atoms with Gasteiger partial charge in [-0.1, -0.05) is 19.3 Å². The molecule has 32 heavy (non-hydrogen) atoms. The zero-order valence-corrected chi connectivity index (χ0v) is 18.9. The average Bonchev–Trinajstić information content (AvgIpc) is 2.68. The van der Waals surface area contributed by atoms with Crippen molar-refractivity contribution in [3.8, 4) is 0 Å². The van der Waals surface area contributed by atoms with Gasteiger partial charge in [0.2, 0.25) is 5.91 Å². The molecule has 0 saturated heterocycles. The highest BCUT2D eigenvalue weighted by Gasteiger charge is 2.49. The van der Waals surface area contributed by atoms with Gasteiger partial charge in [-0.15, -0.1) is 0 Å². The molecule has 2 rings (SSSR count). The molecule has 4 amide bonds. The number of hydrogen-bond donors (Lipinski definition) is 7. The molecule has 0 aromatic rings. The van der Waals surface area contributed by atoms with Crippen LogP contribution in [0.1, 0.15) is 51.4 Å². The molecule has 2 aliphatic carbocycles. The van der Waals surface area contributed by atoms with Gasteiger partial charge < -0.3 is 37.0 Å². The number of hydrogen-bond acceptors (Lipinski definition) is 8. The highest BCUT2D eigenvalue weighted by Crippen LogP contribution is 2.30. The van der Waals surface area contributed by atoms with Gasteiger partial charge in [-0.05, 0) is 19.3 Å². The summed E-state index contributed by atoms with van der Waals surface area (Å²) in [4.78, 5) is 36.7. The summed E-state index contributed by atoms with van der Waals surface area (Å²) in [6.45, 7) is 0. The van der Waals surface area contributed by atoms with Crippen LogP contribution in [0.2, 0.25) is 0 Å². The first-order valence-corrected chi connectivity index (χ1v) is 12.8. The third-order valence-electron chi connectivity index (χ3n) is 6.02. The molecule has 0 unspecified atom stereocenters. The maximum Gasteiger partial charge on any atom is 0.315 e. The van der Waals surface area contributed by atoms with Crippen molar-refractivity contribution in [2.75, 3.05) is 12.0 Å². The topological polar surface area (TPSA) is 208 Å². The normalized spacial score (nSPS) is 30.2. The number of nitrogens with two attached hydrogens (primary N) is 1. The molecule has 184 valence electrons. The van der Waals surface area contributed by atoms with E-state index in [4.69, 9.17) is 5.73 Å². The third kappa shape index (κ3) is 7.57. The predicted octanol–water partition coefficient (Wildman–Crippen LogP) is -2.36. The number of urea groups is 1. The fourth-order valence-corrected chi connectivity index (χ4v) is 4.84. The molecular weight excluding hydrogens is 444 g/mol. The van der Waals surface area contributed by atoms with E-state index in [0.717, 1.165) is 38.4 Å². The number of primary amides is 1. The van der Waals surface area contributed by atoms with Gasteiger partial charge in [0.25, 0.3) is 5.91 Å².